The zero-order chi connectivity index (χ0) is 15.8. The molecular weight excluding hydrogens is 272 g/mol. The van der Waals surface area contributed by atoms with Crippen molar-refractivity contribution in [1.29, 1.82) is 0 Å². The van der Waals surface area contributed by atoms with E-state index < -0.39 is 23.6 Å². The lowest BCUT2D eigenvalue weighted by Crippen LogP contribution is -2.56. The summed E-state index contributed by atoms with van der Waals surface area (Å²) in [6.45, 7) is 3.24. The van der Waals surface area contributed by atoms with Gasteiger partial charge in [0.15, 0.2) is 0 Å². The van der Waals surface area contributed by atoms with Crippen molar-refractivity contribution in [3.05, 3.63) is 29.8 Å². The predicted molar refractivity (Wildman–Crippen MR) is 78.4 cm³/mol. The van der Waals surface area contributed by atoms with Gasteiger partial charge >= 0.3 is 12.0 Å². The molecule has 0 radical (unpaired) electrons. The maximum Gasteiger partial charge on any atom is 0.327 e. The van der Waals surface area contributed by atoms with Crippen LogP contribution in [0.5, 0.6) is 0 Å². The Balaban J connectivity index is 2.39. The molecule has 2 amide bonds. The number of carbonyl (C=O) groups is 2. The van der Waals surface area contributed by atoms with Crippen molar-refractivity contribution in [2.24, 2.45) is 0 Å². The third kappa shape index (κ3) is 2.58. The number of benzene rings is 1. The van der Waals surface area contributed by atoms with Crippen molar-refractivity contribution in [3.63, 3.8) is 0 Å². The number of fused-ring (bicyclic) bond motifs is 1. The molecule has 114 valence electrons. The number of likely N-dealkylation sites (N-methyl/N-ethyl adjacent to an activating group) is 1. The van der Waals surface area contributed by atoms with Crippen LogP contribution < -0.4 is 4.90 Å². The number of para-hydroxylation sites is 1. The molecule has 2 rings (SSSR count). The van der Waals surface area contributed by atoms with Crippen LogP contribution in [-0.2, 0) is 11.2 Å². The van der Waals surface area contributed by atoms with Gasteiger partial charge < -0.3 is 15.1 Å². The average molecular weight is 292 g/mol. The van der Waals surface area contributed by atoms with Crippen molar-refractivity contribution >= 4 is 17.7 Å². The summed E-state index contributed by atoms with van der Waals surface area (Å²) in [5.74, 6) is -1.03. The van der Waals surface area contributed by atoms with Gasteiger partial charge in [0, 0.05) is 19.2 Å². The van der Waals surface area contributed by atoms with E-state index in [-0.39, 0.29) is 6.61 Å². The van der Waals surface area contributed by atoms with Gasteiger partial charge in [-0.2, -0.15) is 0 Å². The molecule has 0 aromatic heterocycles. The van der Waals surface area contributed by atoms with Crippen LogP contribution in [0.15, 0.2) is 24.3 Å². The van der Waals surface area contributed by atoms with E-state index in [0.717, 1.165) is 5.56 Å². The number of hydrogen-bond acceptors (Lipinski definition) is 3. The molecule has 1 heterocycles. The van der Waals surface area contributed by atoms with Gasteiger partial charge in [0.05, 0.1) is 12.1 Å². The van der Waals surface area contributed by atoms with Crippen LogP contribution in [0.3, 0.4) is 0 Å². The summed E-state index contributed by atoms with van der Waals surface area (Å²) in [5.41, 5.74) is 0.696. The summed E-state index contributed by atoms with van der Waals surface area (Å²) in [6, 6.07) is 5.84. The standard InChI is InChI=1S/C15H20N2O4/c1-15(2,9-18)16(3)14(21)17-11-7-5-4-6-10(11)8-12(17)13(19)20/h4-7,12,18H,8-9H2,1-3H3,(H,19,20). The fraction of sp³-hybridized carbons (Fsp3) is 0.467. The van der Waals surface area contributed by atoms with E-state index in [4.69, 9.17) is 0 Å². The highest BCUT2D eigenvalue weighted by Gasteiger charge is 2.41. The molecule has 1 aliphatic heterocycles. The number of aliphatic hydroxyl groups is 1. The zero-order valence-electron chi connectivity index (χ0n) is 12.4. The topological polar surface area (TPSA) is 81.1 Å². The van der Waals surface area contributed by atoms with Crippen molar-refractivity contribution in [1.82, 2.24) is 4.90 Å². The molecule has 0 saturated heterocycles. The first-order valence-corrected chi connectivity index (χ1v) is 6.78. The largest absolute Gasteiger partial charge is 0.480 e. The van der Waals surface area contributed by atoms with Crippen molar-refractivity contribution in [2.75, 3.05) is 18.6 Å². The highest BCUT2D eigenvalue weighted by atomic mass is 16.4. The summed E-state index contributed by atoms with van der Waals surface area (Å²) < 4.78 is 0. The van der Waals surface area contributed by atoms with E-state index >= 15 is 0 Å². The molecule has 1 aromatic carbocycles. The Morgan fingerprint density at radius 2 is 2.00 bits per heavy atom. The number of carboxylic acid groups (broad SMARTS) is 1. The number of carboxylic acids is 1. The second-order valence-electron chi connectivity index (χ2n) is 5.87. The fourth-order valence-electron chi connectivity index (χ4n) is 2.35. The lowest BCUT2D eigenvalue weighted by atomic mass is 10.1. The van der Waals surface area contributed by atoms with Crippen LogP contribution in [-0.4, -0.2) is 52.3 Å². The zero-order valence-corrected chi connectivity index (χ0v) is 12.4. The average Bonchev–Trinajstić information content (AvgIpc) is 2.85. The monoisotopic (exact) mass is 292 g/mol. The van der Waals surface area contributed by atoms with E-state index in [1.54, 1.807) is 33.0 Å². The summed E-state index contributed by atoms with van der Waals surface area (Å²) in [4.78, 5) is 26.9. The lowest BCUT2D eigenvalue weighted by Gasteiger charge is -2.37. The Morgan fingerprint density at radius 1 is 1.38 bits per heavy atom. The number of urea groups is 1. The number of amides is 2. The molecule has 6 heteroatoms. The van der Waals surface area contributed by atoms with Crippen LogP contribution >= 0.6 is 0 Å². The van der Waals surface area contributed by atoms with E-state index in [1.165, 1.54) is 9.80 Å². The van der Waals surface area contributed by atoms with Crippen LogP contribution in [0.2, 0.25) is 0 Å². The molecule has 1 atom stereocenters. The number of nitrogens with zero attached hydrogens (tertiary/aromatic N) is 2. The Kier molecular flexibility index (Phi) is 3.91. The van der Waals surface area contributed by atoms with Crippen molar-refractivity contribution < 1.29 is 19.8 Å². The summed E-state index contributed by atoms with van der Waals surface area (Å²) >= 11 is 0. The number of carbonyl (C=O) groups excluding carboxylic acids is 1. The highest BCUT2D eigenvalue weighted by Crippen LogP contribution is 2.33. The second kappa shape index (κ2) is 5.37. The number of anilines is 1. The molecule has 0 spiro atoms. The normalized spacial score (nSPS) is 17.5. The third-order valence-electron chi connectivity index (χ3n) is 4.05. The molecule has 1 unspecified atom stereocenters. The van der Waals surface area contributed by atoms with E-state index in [0.29, 0.717) is 12.1 Å². The predicted octanol–water partition coefficient (Wildman–Crippen LogP) is 1.32. The minimum absolute atomic E-state index is 0.206. The van der Waals surface area contributed by atoms with Gasteiger partial charge in [-0.1, -0.05) is 18.2 Å². The molecule has 0 aliphatic carbocycles. The number of aliphatic carboxylic acids is 1. The highest BCUT2D eigenvalue weighted by molar-refractivity contribution is 6.01. The van der Waals surface area contributed by atoms with Gasteiger partial charge in [0.25, 0.3) is 0 Å². The first-order valence-electron chi connectivity index (χ1n) is 6.78. The van der Waals surface area contributed by atoms with Gasteiger partial charge in [-0.3, -0.25) is 4.90 Å². The molecule has 0 saturated carbocycles. The molecule has 1 aliphatic rings. The van der Waals surface area contributed by atoms with Gasteiger partial charge in [-0.05, 0) is 25.5 Å². The lowest BCUT2D eigenvalue weighted by molar-refractivity contribution is -0.138. The van der Waals surface area contributed by atoms with Gasteiger partial charge in [0.2, 0.25) is 0 Å². The van der Waals surface area contributed by atoms with Crippen LogP contribution in [0.4, 0.5) is 10.5 Å². The maximum absolute atomic E-state index is 12.7. The van der Waals surface area contributed by atoms with E-state index in [1.807, 2.05) is 12.1 Å². The quantitative estimate of drug-likeness (QED) is 0.880. The maximum atomic E-state index is 12.7. The van der Waals surface area contributed by atoms with Gasteiger partial charge in [-0.25, -0.2) is 9.59 Å². The van der Waals surface area contributed by atoms with Gasteiger partial charge in [0.1, 0.15) is 6.04 Å². The van der Waals surface area contributed by atoms with Crippen molar-refractivity contribution in [2.45, 2.75) is 31.8 Å². The number of aliphatic hydroxyl groups excluding tert-OH is 1. The number of rotatable bonds is 3. The Morgan fingerprint density at radius 3 is 2.57 bits per heavy atom. The molecule has 0 bridgehead atoms. The Labute approximate surface area is 123 Å². The molecule has 2 N–H and O–H groups in total. The summed E-state index contributed by atoms with van der Waals surface area (Å²) in [5, 5.41) is 18.8. The van der Waals surface area contributed by atoms with E-state index in [2.05, 4.69) is 0 Å². The Hall–Kier alpha value is -2.08. The Bertz CT molecular complexity index is 571. The molecular formula is C15H20N2O4. The third-order valence-corrected chi connectivity index (χ3v) is 4.05. The minimum atomic E-state index is -1.03. The van der Waals surface area contributed by atoms with Crippen LogP contribution in [0.25, 0.3) is 0 Å². The van der Waals surface area contributed by atoms with Gasteiger partial charge in [-0.15, -0.1) is 0 Å². The smallest absolute Gasteiger partial charge is 0.327 e. The minimum Gasteiger partial charge on any atom is -0.480 e. The van der Waals surface area contributed by atoms with E-state index in [9.17, 15) is 19.8 Å². The van der Waals surface area contributed by atoms with Crippen LogP contribution in [0.1, 0.15) is 19.4 Å². The molecule has 21 heavy (non-hydrogen) atoms. The molecule has 0 fully saturated rings. The SMILES string of the molecule is CN(C(=O)N1c2ccccc2CC1C(=O)O)C(C)(C)CO. The first kappa shape index (κ1) is 15.3. The number of hydrogen-bond donors (Lipinski definition) is 2. The fourth-order valence-corrected chi connectivity index (χ4v) is 2.35. The summed E-state index contributed by atoms with van der Waals surface area (Å²) in [6.07, 6.45) is 0.296. The molecule has 1 aromatic rings. The van der Waals surface area contributed by atoms with Crippen LogP contribution in [0, 0.1) is 0 Å². The second-order valence-corrected chi connectivity index (χ2v) is 5.87. The summed E-state index contributed by atoms with van der Waals surface area (Å²) in [7, 11) is 1.57. The first-order chi connectivity index (χ1) is 9.79. The molecule has 6 nitrogen and oxygen atoms in total. The van der Waals surface area contributed by atoms with Crippen molar-refractivity contribution in [3.8, 4) is 0 Å².